The van der Waals surface area contributed by atoms with Gasteiger partial charge in [-0.3, -0.25) is 0 Å². The lowest BCUT2D eigenvalue weighted by molar-refractivity contribution is 0.128. The van der Waals surface area contributed by atoms with Gasteiger partial charge in [-0.1, -0.05) is 63.6 Å². The van der Waals surface area contributed by atoms with Crippen molar-refractivity contribution >= 4 is 37.2 Å². The van der Waals surface area contributed by atoms with Crippen molar-refractivity contribution in [2.75, 3.05) is 66.0 Å². The van der Waals surface area contributed by atoms with E-state index in [0.717, 1.165) is 12.4 Å². The summed E-state index contributed by atoms with van der Waals surface area (Å²) < 4.78 is 5.76. The van der Waals surface area contributed by atoms with Gasteiger partial charge in [-0.15, -0.1) is 37.2 Å². The molecule has 1 fully saturated rings. The lowest BCUT2D eigenvalue weighted by Gasteiger charge is -2.34. The molecule has 0 spiro atoms. The molecule has 0 atom stereocenters. The zero-order valence-electron chi connectivity index (χ0n) is 22.5. The third-order valence-corrected chi connectivity index (χ3v) is 6.75. The molecule has 0 saturated carbocycles. The second-order valence-corrected chi connectivity index (χ2v) is 9.68. The molecule has 1 aliphatic rings. The fraction of sp³-hybridized carbons (Fsp3) is 0.786. The predicted molar refractivity (Wildman–Crippen MR) is 161 cm³/mol. The highest BCUT2D eigenvalue weighted by atomic mass is 35.5. The van der Waals surface area contributed by atoms with Crippen molar-refractivity contribution in [2.24, 2.45) is 0 Å². The van der Waals surface area contributed by atoms with Crippen molar-refractivity contribution in [1.29, 1.82) is 0 Å². The van der Waals surface area contributed by atoms with Crippen molar-refractivity contribution in [3.63, 3.8) is 0 Å². The van der Waals surface area contributed by atoms with E-state index in [1.54, 1.807) is 0 Å². The smallest absolute Gasteiger partial charge is 0.119 e. The summed E-state index contributed by atoms with van der Waals surface area (Å²) in [5.74, 6) is 0.999. The number of nitrogens with zero attached hydrogens (tertiary/aromatic N) is 3. The van der Waals surface area contributed by atoms with Crippen molar-refractivity contribution in [1.82, 2.24) is 14.7 Å². The lowest BCUT2D eigenvalue weighted by Crippen LogP contribution is -2.46. The van der Waals surface area contributed by atoms with Gasteiger partial charge in [0.15, 0.2) is 0 Å². The number of unbranched alkanes of at least 4 members (excludes halogenated alkanes) is 8. The molecule has 1 saturated heterocycles. The summed E-state index contributed by atoms with van der Waals surface area (Å²) in [6.07, 6.45) is 14.7. The van der Waals surface area contributed by atoms with E-state index in [4.69, 9.17) is 4.74 Å². The molecule has 208 valence electrons. The summed E-state index contributed by atoms with van der Waals surface area (Å²) in [7, 11) is 2.27. The Hall–Kier alpha value is -0.230. The summed E-state index contributed by atoms with van der Waals surface area (Å²) >= 11 is 0. The maximum atomic E-state index is 5.76. The van der Waals surface area contributed by atoms with E-state index in [0.29, 0.717) is 0 Å². The molecule has 7 heteroatoms. The summed E-state index contributed by atoms with van der Waals surface area (Å²) in [5, 5.41) is 0. The maximum absolute atomic E-state index is 5.76. The Morgan fingerprint density at radius 1 is 0.657 bits per heavy atom. The fourth-order valence-corrected chi connectivity index (χ4v) is 4.52. The van der Waals surface area contributed by atoms with Crippen LogP contribution in [0.15, 0.2) is 30.3 Å². The van der Waals surface area contributed by atoms with Gasteiger partial charge in [0.05, 0.1) is 6.61 Å². The molecule has 0 radical (unpaired) electrons. The summed E-state index contributed by atoms with van der Waals surface area (Å²) in [5.41, 5.74) is 0. The molecule has 0 amide bonds. The molecule has 1 aliphatic heterocycles. The van der Waals surface area contributed by atoms with Crippen LogP contribution in [0.2, 0.25) is 0 Å². The molecule has 0 unspecified atom stereocenters. The predicted octanol–water partition coefficient (Wildman–Crippen LogP) is 7.19. The van der Waals surface area contributed by atoms with Crippen LogP contribution < -0.4 is 4.74 Å². The van der Waals surface area contributed by atoms with Crippen molar-refractivity contribution in [2.45, 2.75) is 77.6 Å². The maximum Gasteiger partial charge on any atom is 0.119 e. The standard InChI is InChI=1S/C28H51N3O.3ClH/c1-3-4-19-29(2)20-14-15-22-31-25-23-30(24-26-31)21-13-8-6-5-7-9-16-27-32-28-17-11-10-12-18-28;;;/h10-12,17-18H,3-9,13-16,19-27H2,1-2H3;3*1H. The number of para-hydroxylation sites is 1. The topological polar surface area (TPSA) is 19.0 Å². The van der Waals surface area contributed by atoms with Gasteiger partial charge in [-0.05, 0) is 77.5 Å². The molecule has 35 heavy (non-hydrogen) atoms. The van der Waals surface area contributed by atoms with E-state index < -0.39 is 0 Å². The Morgan fingerprint density at radius 3 is 1.71 bits per heavy atom. The van der Waals surface area contributed by atoms with Crippen LogP contribution in [0.3, 0.4) is 0 Å². The average molecular weight is 555 g/mol. The second-order valence-electron chi connectivity index (χ2n) is 9.68. The number of halogens is 3. The minimum absolute atomic E-state index is 0. The van der Waals surface area contributed by atoms with Gasteiger partial charge < -0.3 is 19.4 Å². The number of hydrogen-bond acceptors (Lipinski definition) is 4. The van der Waals surface area contributed by atoms with Crippen LogP contribution in [-0.2, 0) is 0 Å². The SMILES string of the molecule is CCCCN(C)CCCCN1CCN(CCCCCCCCCOc2ccccc2)CC1.Cl.Cl.Cl. The van der Waals surface area contributed by atoms with Gasteiger partial charge in [0, 0.05) is 26.2 Å². The molecule has 0 aromatic heterocycles. The largest absolute Gasteiger partial charge is 0.494 e. The Balaban J connectivity index is 0. The van der Waals surface area contributed by atoms with Crippen LogP contribution in [0.5, 0.6) is 5.75 Å². The van der Waals surface area contributed by atoms with Gasteiger partial charge in [0.1, 0.15) is 5.75 Å². The molecule has 1 heterocycles. The van der Waals surface area contributed by atoms with E-state index in [-0.39, 0.29) is 37.2 Å². The van der Waals surface area contributed by atoms with E-state index in [1.165, 1.54) is 123 Å². The number of hydrogen-bond donors (Lipinski definition) is 0. The molecule has 4 nitrogen and oxygen atoms in total. The van der Waals surface area contributed by atoms with Gasteiger partial charge in [0.2, 0.25) is 0 Å². The summed E-state index contributed by atoms with van der Waals surface area (Å²) in [6.45, 7) is 13.4. The Labute approximate surface area is 235 Å². The quantitative estimate of drug-likeness (QED) is 0.168. The van der Waals surface area contributed by atoms with Crippen molar-refractivity contribution < 1.29 is 4.74 Å². The van der Waals surface area contributed by atoms with Crippen LogP contribution in [0.25, 0.3) is 0 Å². The summed E-state index contributed by atoms with van der Waals surface area (Å²) in [6, 6.07) is 10.2. The van der Waals surface area contributed by atoms with Gasteiger partial charge in [0.25, 0.3) is 0 Å². The minimum Gasteiger partial charge on any atom is -0.494 e. The zero-order chi connectivity index (χ0) is 22.7. The van der Waals surface area contributed by atoms with E-state index in [9.17, 15) is 0 Å². The monoisotopic (exact) mass is 553 g/mol. The lowest BCUT2D eigenvalue weighted by atomic mass is 10.1. The molecule has 2 rings (SSSR count). The van der Waals surface area contributed by atoms with Crippen molar-refractivity contribution in [3.8, 4) is 5.75 Å². The third-order valence-electron chi connectivity index (χ3n) is 6.75. The van der Waals surface area contributed by atoms with Crippen molar-refractivity contribution in [3.05, 3.63) is 30.3 Å². The highest BCUT2D eigenvalue weighted by molar-refractivity contribution is 5.86. The first-order valence-corrected chi connectivity index (χ1v) is 13.6. The zero-order valence-corrected chi connectivity index (χ0v) is 25.0. The molecular formula is C28H54Cl3N3O. The van der Waals surface area contributed by atoms with Crippen LogP contribution in [-0.4, -0.2) is 80.7 Å². The van der Waals surface area contributed by atoms with E-state index >= 15 is 0 Å². The number of ether oxygens (including phenoxy) is 1. The number of benzene rings is 1. The fourth-order valence-electron chi connectivity index (χ4n) is 4.52. The first kappa shape index (κ1) is 36.9. The van der Waals surface area contributed by atoms with Gasteiger partial charge >= 0.3 is 0 Å². The van der Waals surface area contributed by atoms with Crippen LogP contribution in [0.4, 0.5) is 0 Å². The first-order valence-electron chi connectivity index (χ1n) is 13.6. The number of piperazine rings is 1. The molecule has 0 N–H and O–H groups in total. The number of rotatable bonds is 19. The van der Waals surface area contributed by atoms with Gasteiger partial charge in [-0.2, -0.15) is 0 Å². The third kappa shape index (κ3) is 19.5. The van der Waals surface area contributed by atoms with E-state index in [1.807, 2.05) is 30.3 Å². The highest BCUT2D eigenvalue weighted by Gasteiger charge is 2.15. The minimum atomic E-state index is 0. The Bertz CT molecular complexity index is 546. The molecule has 1 aromatic carbocycles. The molecule has 0 aliphatic carbocycles. The Kier molecular flexibility index (Phi) is 26.8. The molecule has 1 aromatic rings. The normalized spacial score (nSPS) is 14.1. The van der Waals surface area contributed by atoms with Gasteiger partial charge in [-0.25, -0.2) is 0 Å². The average Bonchev–Trinajstić information content (AvgIpc) is 2.83. The molecular weight excluding hydrogens is 501 g/mol. The highest BCUT2D eigenvalue weighted by Crippen LogP contribution is 2.12. The summed E-state index contributed by atoms with van der Waals surface area (Å²) in [4.78, 5) is 7.88. The van der Waals surface area contributed by atoms with E-state index in [2.05, 4.69) is 28.7 Å². The molecule has 0 bridgehead atoms. The second kappa shape index (κ2) is 25.4. The first-order chi connectivity index (χ1) is 15.8. The van der Waals surface area contributed by atoms with Crippen LogP contribution in [0, 0.1) is 0 Å². The van der Waals surface area contributed by atoms with Crippen LogP contribution >= 0.6 is 37.2 Å². The Morgan fingerprint density at radius 2 is 1.14 bits per heavy atom. The van der Waals surface area contributed by atoms with Crippen LogP contribution in [0.1, 0.15) is 77.6 Å².